The molecule has 102 valence electrons. The largest absolute Gasteiger partial charge is 0.331 e. The van der Waals surface area contributed by atoms with Gasteiger partial charge in [0, 0.05) is 25.7 Å². The molecule has 0 aliphatic heterocycles. The molecule has 2 aromatic rings. The van der Waals surface area contributed by atoms with Crippen LogP contribution >= 0.6 is 0 Å². The smallest absolute Gasteiger partial charge is 0.106 e. The van der Waals surface area contributed by atoms with Gasteiger partial charge in [-0.3, -0.25) is 0 Å². The number of aromatic nitrogens is 2. The fourth-order valence-corrected chi connectivity index (χ4v) is 2.69. The molecule has 1 aliphatic carbocycles. The third-order valence-corrected chi connectivity index (χ3v) is 4.10. The first kappa shape index (κ1) is 12.6. The van der Waals surface area contributed by atoms with Crippen LogP contribution in [0.4, 0.5) is 0 Å². The molecule has 3 rings (SSSR count). The molecule has 1 saturated carbocycles. The van der Waals surface area contributed by atoms with Gasteiger partial charge in [-0.25, -0.2) is 4.98 Å². The maximum Gasteiger partial charge on any atom is 0.106 e. The SMILES string of the molecule is Cc1nc2cc(CN(C)CC3(N)CC3)ccc2n1C. The Morgan fingerprint density at radius 3 is 2.84 bits per heavy atom. The molecule has 0 saturated heterocycles. The predicted octanol–water partition coefficient (Wildman–Crippen LogP) is 1.80. The first-order valence-corrected chi connectivity index (χ1v) is 6.86. The zero-order chi connectivity index (χ0) is 13.6. The van der Waals surface area contributed by atoms with Gasteiger partial charge in [0.1, 0.15) is 5.82 Å². The molecular weight excluding hydrogens is 236 g/mol. The van der Waals surface area contributed by atoms with E-state index < -0.39 is 0 Å². The van der Waals surface area contributed by atoms with Crippen molar-refractivity contribution in [3.05, 3.63) is 29.6 Å². The molecule has 1 fully saturated rings. The predicted molar refractivity (Wildman–Crippen MR) is 77.9 cm³/mol. The second kappa shape index (κ2) is 4.32. The summed E-state index contributed by atoms with van der Waals surface area (Å²) in [6, 6.07) is 6.54. The van der Waals surface area contributed by atoms with Gasteiger partial charge in [-0.1, -0.05) is 6.07 Å². The number of nitrogens with two attached hydrogens (primary N) is 1. The van der Waals surface area contributed by atoms with E-state index >= 15 is 0 Å². The van der Waals surface area contributed by atoms with Crippen molar-refractivity contribution in [3.8, 4) is 0 Å². The standard InChI is InChI=1S/C15H22N4/c1-11-17-13-8-12(4-5-14(13)19(11)3)9-18(2)10-15(16)6-7-15/h4-5,8H,6-7,9-10,16H2,1-3H3. The first-order valence-electron chi connectivity index (χ1n) is 6.86. The van der Waals surface area contributed by atoms with E-state index in [-0.39, 0.29) is 5.54 Å². The minimum absolute atomic E-state index is 0.0838. The van der Waals surface area contributed by atoms with Crippen molar-refractivity contribution in [3.63, 3.8) is 0 Å². The van der Waals surface area contributed by atoms with Crippen LogP contribution in [-0.4, -0.2) is 33.6 Å². The van der Waals surface area contributed by atoms with Crippen LogP contribution in [0, 0.1) is 6.92 Å². The number of hydrogen-bond acceptors (Lipinski definition) is 3. The third-order valence-electron chi connectivity index (χ3n) is 4.10. The number of likely N-dealkylation sites (N-methyl/N-ethyl adjacent to an activating group) is 1. The van der Waals surface area contributed by atoms with Crippen LogP contribution < -0.4 is 5.73 Å². The van der Waals surface area contributed by atoms with Crippen LogP contribution in [0.1, 0.15) is 24.2 Å². The zero-order valence-corrected chi connectivity index (χ0v) is 12.0. The molecule has 0 bridgehead atoms. The summed E-state index contributed by atoms with van der Waals surface area (Å²) >= 11 is 0. The second-order valence-corrected chi connectivity index (χ2v) is 6.08. The van der Waals surface area contributed by atoms with Gasteiger partial charge in [0.15, 0.2) is 0 Å². The monoisotopic (exact) mass is 258 g/mol. The molecule has 1 aromatic heterocycles. The topological polar surface area (TPSA) is 47.1 Å². The average Bonchev–Trinajstić information content (AvgIpc) is 2.98. The molecule has 0 spiro atoms. The third kappa shape index (κ3) is 2.51. The lowest BCUT2D eigenvalue weighted by atomic mass is 10.1. The number of benzene rings is 1. The lowest BCUT2D eigenvalue weighted by molar-refractivity contribution is 0.296. The molecule has 19 heavy (non-hydrogen) atoms. The molecule has 0 radical (unpaired) electrons. The number of rotatable bonds is 4. The van der Waals surface area contributed by atoms with Crippen molar-refractivity contribution in [2.45, 2.75) is 31.8 Å². The van der Waals surface area contributed by atoms with E-state index in [1.807, 2.05) is 6.92 Å². The molecule has 4 nitrogen and oxygen atoms in total. The molecule has 1 heterocycles. The van der Waals surface area contributed by atoms with Crippen molar-refractivity contribution in [2.24, 2.45) is 12.8 Å². The number of hydrogen-bond donors (Lipinski definition) is 1. The molecule has 1 aliphatic rings. The zero-order valence-electron chi connectivity index (χ0n) is 12.0. The molecule has 1 aromatic carbocycles. The van der Waals surface area contributed by atoms with Crippen LogP contribution in [0.15, 0.2) is 18.2 Å². The minimum Gasteiger partial charge on any atom is -0.331 e. The van der Waals surface area contributed by atoms with Crippen LogP contribution in [0.5, 0.6) is 0 Å². The highest BCUT2D eigenvalue weighted by Crippen LogP contribution is 2.32. The van der Waals surface area contributed by atoms with Crippen molar-refractivity contribution >= 4 is 11.0 Å². The van der Waals surface area contributed by atoms with Crippen LogP contribution in [0.2, 0.25) is 0 Å². The van der Waals surface area contributed by atoms with Gasteiger partial charge < -0.3 is 15.2 Å². The number of imidazole rings is 1. The fourth-order valence-electron chi connectivity index (χ4n) is 2.69. The van der Waals surface area contributed by atoms with E-state index in [0.29, 0.717) is 0 Å². The Bertz CT molecular complexity index is 610. The average molecular weight is 258 g/mol. The van der Waals surface area contributed by atoms with Gasteiger partial charge in [-0.05, 0) is 44.5 Å². The van der Waals surface area contributed by atoms with Crippen molar-refractivity contribution < 1.29 is 0 Å². The molecule has 4 heteroatoms. The van der Waals surface area contributed by atoms with Crippen molar-refractivity contribution in [1.82, 2.24) is 14.5 Å². The fraction of sp³-hybridized carbons (Fsp3) is 0.533. The van der Waals surface area contributed by atoms with Crippen LogP contribution in [0.25, 0.3) is 11.0 Å². The number of fused-ring (bicyclic) bond motifs is 1. The lowest BCUT2D eigenvalue weighted by Crippen LogP contribution is -2.36. The van der Waals surface area contributed by atoms with Gasteiger partial charge in [0.2, 0.25) is 0 Å². The van der Waals surface area contributed by atoms with E-state index in [2.05, 4.69) is 46.7 Å². The molecule has 2 N–H and O–H groups in total. The number of aryl methyl sites for hydroxylation is 2. The lowest BCUT2D eigenvalue weighted by Gasteiger charge is -2.20. The quantitative estimate of drug-likeness (QED) is 0.909. The molecular formula is C15H22N4. The maximum absolute atomic E-state index is 6.16. The summed E-state index contributed by atoms with van der Waals surface area (Å²) in [5, 5.41) is 0. The van der Waals surface area contributed by atoms with E-state index in [1.54, 1.807) is 0 Å². The Hall–Kier alpha value is -1.39. The Kier molecular flexibility index (Phi) is 2.87. The van der Waals surface area contributed by atoms with Gasteiger partial charge >= 0.3 is 0 Å². The number of nitrogens with zero attached hydrogens (tertiary/aromatic N) is 3. The summed E-state index contributed by atoms with van der Waals surface area (Å²) < 4.78 is 2.13. The van der Waals surface area contributed by atoms with Gasteiger partial charge in [-0.15, -0.1) is 0 Å². The van der Waals surface area contributed by atoms with Crippen LogP contribution in [-0.2, 0) is 13.6 Å². The van der Waals surface area contributed by atoms with Crippen LogP contribution in [0.3, 0.4) is 0 Å². The molecule has 0 unspecified atom stereocenters. The highest BCUT2D eigenvalue weighted by Gasteiger charge is 2.38. The summed E-state index contributed by atoms with van der Waals surface area (Å²) in [4.78, 5) is 6.90. The van der Waals surface area contributed by atoms with E-state index in [4.69, 9.17) is 5.73 Å². The summed E-state index contributed by atoms with van der Waals surface area (Å²) in [6.45, 7) is 3.95. The Labute approximate surface area is 114 Å². The maximum atomic E-state index is 6.16. The van der Waals surface area contributed by atoms with E-state index in [1.165, 1.54) is 11.1 Å². The summed E-state index contributed by atoms with van der Waals surface area (Å²) in [5.74, 6) is 1.05. The summed E-state index contributed by atoms with van der Waals surface area (Å²) in [7, 11) is 4.20. The Morgan fingerprint density at radius 2 is 2.16 bits per heavy atom. The molecule has 0 amide bonds. The first-order chi connectivity index (χ1) is 8.97. The van der Waals surface area contributed by atoms with E-state index in [0.717, 1.165) is 37.3 Å². The van der Waals surface area contributed by atoms with Gasteiger partial charge in [-0.2, -0.15) is 0 Å². The minimum atomic E-state index is 0.0838. The van der Waals surface area contributed by atoms with Crippen molar-refractivity contribution in [1.29, 1.82) is 0 Å². The Balaban J connectivity index is 1.77. The second-order valence-electron chi connectivity index (χ2n) is 6.08. The molecule has 0 atom stereocenters. The van der Waals surface area contributed by atoms with E-state index in [9.17, 15) is 0 Å². The summed E-state index contributed by atoms with van der Waals surface area (Å²) in [6.07, 6.45) is 2.33. The van der Waals surface area contributed by atoms with Crippen molar-refractivity contribution in [2.75, 3.05) is 13.6 Å². The highest BCUT2D eigenvalue weighted by molar-refractivity contribution is 5.76. The van der Waals surface area contributed by atoms with Gasteiger partial charge in [0.05, 0.1) is 11.0 Å². The van der Waals surface area contributed by atoms with Gasteiger partial charge in [0.25, 0.3) is 0 Å². The highest BCUT2D eigenvalue weighted by atomic mass is 15.1. The Morgan fingerprint density at radius 1 is 1.42 bits per heavy atom. The normalized spacial score (nSPS) is 17.3. The summed E-state index contributed by atoms with van der Waals surface area (Å²) in [5.41, 5.74) is 9.82.